The van der Waals surface area contributed by atoms with Gasteiger partial charge in [-0.1, -0.05) is 12.1 Å². The van der Waals surface area contributed by atoms with E-state index in [4.69, 9.17) is 4.74 Å². The maximum absolute atomic E-state index is 5.44. The van der Waals surface area contributed by atoms with Crippen molar-refractivity contribution in [1.29, 1.82) is 0 Å². The van der Waals surface area contributed by atoms with Crippen molar-refractivity contribution >= 4 is 16.6 Å². The molecule has 0 bridgehead atoms. The predicted molar refractivity (Wildman–Crippen MR) is 78.0 cm³/mol. The fourth-order valence-corrected chi connectivity index (χ4v) is 2.64. The Bertz CT molecular complexity index is 581. The molecule has 1 aromatic carbocycles. The van der Waals surface area contributed by atoms with E-state index in [-0.39, 0.29) is 0 Å². The average Bonchev–Trinajstić information content (AvgIpc) is 2.41. The molecule has 0 amide bonds. The molecule has 1 aromatic heterocycles. The molecule has 4 heteroatoms. The Morgan fingerprint density at radius 3 is 2.79 bits per heavy atom. The van der Waals surface area contributed by atoms with Gasteiger partial charge in [0.2, 0.25) is 0 Å². The van der Waals surface area contributed by atoms with Gasteiger partial charge in [0.25, 0.3) is 0 Å². The van der Waals surface area contributed by atoms with Crippen LogP contribution in [0.15, 0.2) is 30.5 Å². The largest absolute Gasteiger partial charge is 0.496 e. The standard InChI is InChI=1S/C15H19N3O/c1-3-18(11-9-16-10-11)15-13-5-4-6-14(19-2)12(13)7-8-17-15/h4-8,11,16H,3,9-10H2,1-2H3. The molecule has 3 rings (SSSR count). The molecule has 1 aliphatic heterocycles. The van der Waals surface area contributed by atoms with E-state index in [2.05, 4.69) is 28.2 Å². The predicted octanol–water partition coefficient (Wildman–Crippen LogP) is 2.04. The SMILES string of the molecule is CCN(c1nccc2c(OC)cccc12)C1CNC1. The maximum Gasteiger partial charge on any atom is 0.136 e. The van der Waals surface area contributed by atoms with Crippen molar-refractivity contribution in [2.45, 2.75) is 13.0 Å². The normalized spacial score (nSPS) is 15.3. The number of likely N-dealkylation sites (N-methyl/N-ethyl adjacent to an activating group) is 1. The number of aromatic nitrogens is 1. The minimum absolute atomic E-state index is 0.550. The van der Waals surface area contributed by atoms with Gasteiger partial charge in [-0.3, -0.25) is 0 Å². The van der Waals surface area contributed by atoms with Gasteiger partial charge in [0.1, 0.15) is 11.6 Å². The summed E-state index contributed by atoms with van der Waals surface area (Å²) in [6, 6.07) is 8.71. The first-order valence-electron chi connectivity index (χ1n) is 6.74. The summed E-state index contributed by atoms with van der Waals surface area (Å²) in [5.74, 6) is 1.97. The molecule has 1 N–H and O–H groups in total. The molecule has 2 heterocycles. The van der Waals surface area contributed by atoms with Crippen molar-refractivity contribution in [3.8, 4) is 5.75 Å². The monoisotopic (exact) mass is 257 g/mol. The first-order chi connectivity index (χ1) is 9.35. The van der Waals surface area contributed by atoms with E-state index >= 15 is 0 Å². The Hall–Kier alpha value is -1.81. The fraction of sp³-hybridized carbons (Fsp3) is 0.400. The molecule has 0 aliphatic carbocycles. The minimum atomic E-state index is 0.550. The number of fused-ring (bicyclic) bond motifs is 1. The van der Waals surface area contributed by atoms with Crippen molar-refractivity contribution in [2.24, 2.45) is 0 Å². The zero-order chi connectivity index (χ0) is 13.2. The second-order valence-electron chi connectivity index (χ2n) is 4.79. The summed E-state index contributed by atoms with van der Waals surface area (Å²) in [5, 5.41) is 5.61. The molecular weight excluding hydrogens is 238 g/mol. The third kappa shape index (κ3) is 2.02. The van der Waals surface area contributed by atoms with Crippen LogP contribution in [0, 0.1) is 0 Å². The molecule has 2 aromatic rings. The fourth-order valence-electron chi connectivity index (χ4n) is 2.64. The maximum atomic E-state index is 5.44. The number of hydrogen-bond acceptors (Lipinski definition) is 4. The van der Waals surface area contributed by atoms with Crippen molar-refractivity contribution < 1.29 is 4.74 Å². The molecule has 0 spiro atoms. The second-order valence-corrected chi connectivity index (χ2v) is 4.79. The first kappa shape index (κ1) is 12.2. The second kappa shape index (κ2) is 5.05. The Morgan fingerprint density at radius 2 is 2.16 bits per heavy atom. The van der Waals surface area contributed by atoms with E-state index in [1.807, 2.05) is 24.4 Å². The molecule has 100 valence electrons. The molecule has 1 fully saturated rings. The number of benzene rings is 1. The molecule has 0 atom stereocenters. The van der Waals surface area contributed by atoms with Gasteiger partial charge in [0, 0.05) is 36.6 Å². The summed E-state index contributed by atoms with van der Waals surface area (Å²) in [5.41, 5.74) is 0. The lowest BCUT2D eigenvalue weighted by Crippen LogP contribution is -2.57. The summed E-state index contributed by atoms with van der Waals surface area (Å²) in [4.78, 5) is 6.97. The summed E-state index contributed by atoms with van der Waals surface area (Å²) >= 11 is 0. The third-order valence-electron chi connectivity index (χ3n) is 3.78. The number of hydrogen-bond donors (Lipinski definition) is 1. The van der Waals surface area contributed by atoms with E-state index < -0.39 is 0 Å². The van der Waals surface area contributed by atoms with Crippen molar-refractivity contribution in [1.82, 2.24) is 10.3 Å². The van der Waals surface area contributed by atoms with E-state index in [1.54, 1.807) is 7.11 Å². The molecule has 19 heavy (non-hydrogen) atoms. The number of pyridine rings is 1. The number of anilines is 1. The zero-order valence-electron chi connectivity index (χ0n) is 11.4. The van der Waals surface area contributed by atoms with Crippen LogP contribution in [0.3, 0.4) is 0 Å². The van der Waals surface area contributed by atoms with E-state index in [1.165, 1.54) is 0 Å². The minimum Gasteiger partial charge on any atom is -0.496 e. The van der Waals surface area contributed by atoms with Gasteiger partial charge in [-0.15, -0.1) is 0 Å². The Morgan fingerprint density at radius 1 is 1.32 bits per heavy atom. The summed E-state index contributed by atoms with van der Waals surface area (Å²) < 4.78 is 5.44. The summed E-state index contributed by atoms with van der Waals surface area (Å²) in [6.45, 7) is 5.22. The van der Waals surface area contributed by atoms with Crippen LogP contribution < -0.4 is 15.0 Å². The van der Waals surface area contributed by atoms with Crippen molar-refractivity contribution in [2.75, 3.05) is 31.6 Å². The quantitative estimate of drug-likeness (QED) is 0.909. The Labute approximate surface area is 113 Å². The van der Waals surface area contributed by atoms with Crippen molar-refractivity contribution in [3.63, 3.8) is 0 Å². The van der Waals surface area contributed by atoms with Crippen LogP contribution in [-0.4, -0.2) is 37.8 Å². The van der Waals surface area contributed by atoms with Crippen LogP contribution >= 0.6 is 0 Å². The van der Waals surface area contributed by atoms with E-state index in [0.29, 0.717) is 6.04 Å². The number of nitrogens with one attached hydrogen (secondary N) is 1. The highest BCUT2D eigenvalue weighted by Gasteiger charge is 2.25. The highest BCUT2D eigenvalue weighted by atomic mass is 16.5. The zero-order valence-corrected chi connectivity index (χ0v) is 11.4. The molecular formula is C15H19N3O. The smallest absolute Gasteiger partial charge is 0.136 e. The van der Waals surface area contributed by atoms with Crippen LogP contribution in [-0.2, 0) is 0 Å². The van der Waals surface area contributed by atoms with Gasteiger partial charge in [0.05, 0.1) is 13.2 Å². The van der Waals surface area contributed by atoms with Crippen LogP contribution in [0.5, 0.6) is 5.75 Å². The number of ether oxygens (including phenoxy) is 1. The molecule has 0 saturated carbocycles. The van der Waals surface area contributed by atoms with Crippen LogP contribution in [0.1, 0.15) is 6.92 Å². The molecule has 1 saturated heterocycles. The van der Waals surface area contributed by atoms with Gasteiger partial charge in [-0.2, -0.15) is 0 Å². The topological polar surface area (TPSA) is 37.4 Å². The van der Waals surface area contributed by atoms with Gasteiger partial charge in [-0.05, 0) is 19.1 Å². The van der Waals surface area contributed by atoms with Gasteiger partial charge < -0.3 is 15.0 Å². The lowest BCUT2D eigenvalue weighted by atomic mass is 10.1. The lowest BCUT2D eigenvalue weighted by molar-refractivity contribution is 0.415. The Balaban J connectivity index is 2.12. The highest BCUT2D eigenvalue weighted by molar-refractivity contribution is 5.96. The van der Waals surface area contributed by atoms with E-state index in [0.717, 1.165) is 42.0 Å². The lowest BCUT2D eigenvalue weighted by Gasteiger charge is -2.38. The Kier molecular flexibility index (Phi) is 3.25. The van der Waals surface area contributed by atoms with Crippen LogP contribution in [0.25, 0.3) is 10.8 Å². The van der Waals surface area contributed by atoms with Crippen molar-refractivity contribution in [3.05, 3.63) is 30.5 Å². The van der Waals surface area contributed by atoms with Gasteiger partial charge in [-0.25, -0.2) is 4.98 Å². The summed E-state index contributed by atoms with van der Waals surface area (Å²) in [7, 11) is 1.71. The summed E-state index contributed by atoms with van der Waals surface area (Å²) in [6.07, 6.45) is 1.87. The van der Waals surface area contributed by atoms with Gasteiger partial charge in [0.15, 0.2) is 0 Å². The molecule has 0 unspecified atom stereocenters. The molecule has 1 aliphatic rings. The number of rotatable bonds is 4. The molecule has 0 radical (unpaired) electrons. The van der Waals surface area contributed by atoms with Crippen LogP contribution in [0.2, 0.25) is 0 Å². The van der Waals surface area contributed by atoms with Crippen LogP contribution in [0.4, 0.5) is 5.82 Å². The van der Waals surface area contributed by atoms with E-state index in [9.17, 15) is 0 Å². The number of nitrogens with zero attached hydrogens (tertiary/aromatic N) is 2. The van der Waals surface area contributed by atoms with Gasteiger partial charge >= 0.3 is 0 Å². The average molecular weight is 257 g/mol. The third-order valence-corrected chi connectivity index (χ3v) is 3.78. The molecule has 4 nitrogen and oxygen atoms in total. The number of methoxy groups -OCH3 is 1. The highest BCUT2D eigenvalue weighted by Crippen LogP contribution is 2.31. The first-order valence-corrected chi connectivity index (χ1v) is 6.74.